The molecule has 0 spiro atoms. The molecule has 0 aliphatic carbocycles. The van der Waals surface area contributed by atoms with Gasteiger partial charge in [0.2, 0.25) is 0 Å². The van der Waals surface area contributed by atoms with E-state index in [1.54, 1.807) is 0 Å². The minimum atomic E-state index is -1.36. The van der Waals surface area contributed by atoms with E-state index in [0.717, 1.165) is 61.3 Å². The first kappa shape index (κ1) is 39.8. The zero-order chi connectivity index (χ0) is 39.0. The van der Waals surface area contributed by atoms with Crippen LogP contribution in [-0.2, 0) is 20.1 Å². The molecule has 0 N–H and O–H groups in total. The van der Waals surface area contributed by atoms with Gasteiger partial charge in [0.15, 0.2) is 0 Å². The monoisotopic (exact) mass is 938 g/mol. The summed E-state index contributed by atoms with van der Waals surface area (Å²) in [5.41, 5.74) is 12.9. The maximum absolute atomic E-state index is 6.32. The number of imidazole rings is 1. The van der Waals surface area contributed by atoms with Gasteiger partial charge >= 0.3 is 0 Å². The number of aromatic nitrogens is 3. The Morgan fingerprint density at radius 1 is 0.684 bits per heavy atom. The predicted molar refractivity (Wildman–Crippen MR) is 238 cm³/mol. The summed E-state index contributed by atoms with van der Waals surface area (Å²) < 4.78 is 8.51. The van der Waals surface area contributed by atoms with Crippen LogP contribution in [0.3, 0.4) is 0 Å². The van der Waals surface area contributed by atoms with Gasteiger partial charge in [0.05, 0.1) is 30.5 Å². The number of pyridine rings is 1. The Morgan fingerprint density at radius 2 is 1.39 bits per heavy atom. The van der Waals surface area contributed by atoms with E-state index < -0.39 is 8.07 Å². The molecule has 0 atom stereocenters. The Hall–Kier alpha value is -5.39. The zero-order valence-electron chi connectivity index (χ0n) is 33.6. The fraction of sp³-hybridized carbons (Fsp3) is 0.176. The smallest absolute Gasteiger partial charge is 0.120 e. The molecule has 287 valence electrons. The number of hydrogen-bond acceptors (Lipinski definition) is 3. The van der Waals surface area contributed by atoms with Crippen LogP contribution in [0.4, 0.5) is 0 Å². The Balaban J connectivity index is 0.000000189. The van der Waals surface area contributed by atoms with Crippen molar-refractivity contribution in [2.24, 2.45) is 0 Å². The van der Waals surface area contributed by atoms with Crippen molar-refractivity contribution in [2.45, 2.75) is 59.2 Å². The van der Waals surface area contributed by atoms with Crippen molar-refractivity contribution in [1.29, 1.82) is 0 Å². The first-order valence-electron chi connectivity index (χ1n) is 19.5. The normalized spacial score (nSPS) is 11.6. The third kappa shape index (κ3) is 8.08. The molecule has 6 heteroatoms. The Morgan fingerprint density at radius 3 is 2.09 bits per heavy atom. The second-order valence-corrected chi connectivity index (χ2v) is 21.2. The number of hydrogen-bond donors (Lipinski definition) is 0. The van der Waals surface area contributed by atoms with Crippen LogP contribution in [0, 0.1) is 12.1 Å². The third-order valence-electron chi connectivity index (χ3n) is 10.5. The van der Waals surface area contributed by atoms with Crippen LogP contribution in [-0.4, -0.2) is 22.6 Å². The van der Waals surface area contributed by atoms with Gasteiger partial charge in [0.1, 0.15) is 5.58 Å². The van der Waals surface area contributed by atoms with Crippen LogP contribution in [0.15, 0.2) is 150 Å². The molecule has 4 nitrogen and oxygen atoms in total. The molecule has 6 aromatic carbocycles. The Bertz CT molecular complexity index is 2780. The minimum absolute atomic E-state index is 0. The average Bonchev–Trinajstić information content (AvgIpc) is 3.80. The molecule has 0 aliphatic heterocycles. The second kappa shape index (κ2) is 16.6. The third-order valence-corrected chi connectivity index (χ3v) is 12.5. The van der Waals surface area contributed by atoms with Crippen LogP contribution >= 0.6 is 0 Å². The summed E-state index contributed by atoms with van der Waals surface area (Å²) >= 11 is 0. The fourth-order valence-corrected chi connectivity index (χ4v) is 9.10. The van der Waals surface area contributed by atoms with Crippen molar-refractivity contribution in [3.63, 3.8) is 0 Å². The molecule has 0 saturated carbocycles. The number of nitrogens with zero attached hydrogens (tertiary/aromatic N) is 3. The van der Waals surface area contributed by atoms with Gasteiger partial charge in [-0.25, -0.2) is 0 Å². The summed E-state index contributed by atoms with van der Waals surface area (Å²) in [7, 11) is -1.36. The summed E-state index contributed by atoms with van der Waals surface area (Å²) in [6.45, 7) is 16.1. The summed E-state index contributed by atoms with van der Waals surface area (Å²) in [6.07, 6.45) is 2.11. The molecule has 9 rings (SSSR count). The zero-order valence-corrected chi connectivity index (χ0v) is 37.0. The van der Waals surface area contributed by atoms with Crippen molar-refractivity contribution in [2.75, 3.05) is 0 Å². The van der Waals surface area contributed by atoms with E-state index in [2.05, 4.69) is 161 Å². The summed E-state index contributed by atoms with van der Waals surface area (Å²) in [5, 5.41) is 3.65. The van der Waals surface area contributed by atoms with Gasteiger partial charge in [0, 0.05) is 37.4 Å². The molecule has 0 aliphatic rings. The van der Waals surface area contributed by atoms with E-state index in [1.165, 1.54) is 27.4 Å². The van der Waals surface area contributed by atoms with Crippen LogP contribution in [0.2, 0.25) is 19.6 Å². The van der Waals surface area contributed by atoms with Gasteiger partial charge in [-0.05, 0) is 58.3 Å². The maximum atomic E-state index is 6.32. The Kier molecular flexibility index (Phi) is 11.6. The van der Waals surface area contributed by atoms with Gasteiger partial charge in [0.25, 0.3) is 0 Å². The predicted octanol–water partition coefficient (Wildman–Crippen LogP) is 13.4. The maximum Gasteiger partial charge on any atom is 0.120 e. The van der Waals surface area contributed by atoms with Crippen LogP contribution in [0.5, 0.6) is 0 Å². The average molecular weight is 938 g/mol. The molecule has 57 heavy (non-hydrogen) atoms. The largest absolute Gasteiger partial charge is 0.501 e. The van der Waals surface area contributed by atoms with Gasteiger partial charge in [-0.15, -0.1) is 53.6 Å². The summed E-state index contributed by atoms with van der Waals surface area (Å²) in [6, 6.07) is 55.0. The van der Waals surface area contributed by atoms with Crippen molar-refractivity contribution in [1.82, 2.24) is 14.5 Å². The standard InChI is InChI=1S/C31H19N2O.C20H28NSi.Ir/c1-2-9-21(10-3-1)22-17-19-23(20-18-22)33-28-15-6-5-14-27(28)32-31(33)26-13-8-12-25-24-11-4-7-16-29(24)34-30(25)26;1-14(2)16-8-10-17(11-9-16)19-12-18(15(3)4)20(13-21-19)22(5,6)7;/h1-12,14-20H;8-10,12-15H,1-7H3;/q2*-1;. The molecule has 3 heterocycles. The van der Waals surface area contributed by atoms with Crippen molar-refractivity contribution in [3.05, 3.63) is 169 Å². The molecule has 3 aromatic heterocycles. The van der Waals surface area contributed by atoms with E-state index in [9.17, 15) is 0 Å². The topological polar surface area (TPSA) is 43.9 Å². The molecule has 0 saturated heterocycles. The van der Waals surface area contributed by atoms with Crippen molar-refractivity contribution >= 4 is 46.2 Å². The van der Waals surface area contributed by atoms with Crippen molar-refractivity contribution < 1.29 is 24.5 Å². The van der Waals surface area contributed by atoms with Crippen LogP contribution < -0.4 is 5.19 Å². The molecular weight excluding hydrogens is 891 g/mol. The van der Waals surface area contributed by atoms with E-state index in [-0.39, 0.29) is 20.1 Å². The molecule has 1 radical (unpaired) electrons. The number of benzene rings is 6. The number of furan rings is 1. The number of fused-ring (bicyclic) bond motifs is 4. The second-order valence-electron chi connectivity index (χ2n) is 16.1. The van der Waals surface area contributed by atoms with E-state index in [0.29, 0.717) is 11.8 Å². The summed E-state index contributed by atoms with van der Waals surface area (Å²) in [5.74, 6) is 1.88. The molecule has 0 bridgehead atoms. The molecule has 0 amide bonds. The van der Waals surface area contributed by atoms with Gasteiger partial charge in [-0.1, -0.05) is 149 Å². The number of para-hydroxylation sites is 3. The fourth-order valence-electron chi connectivity index (χ4n) is 7.42. The van der Waals surface area contributed by atoms with Crippen LogP contribution in [0.25, 0.3) is 72.4 Å². The quantitative estimate of drug-likeness (QED) is 0.118. The van der Waals surface area contributed by atoms with E-state index in [1.807, 2.05) is 48.5 Å². The minimum Gasteiger partial charge on any atom is -0.501 e. The van der Waals surface area contributed by atoms with Crippen LogP contribution in [0.1, 0.15) is 50.7 Å². The molecule has 0 fully saturated rings. The first-order valence-corrected chi connectivity index (χ1v) is 23.0. The van der Waals surface area contributed by atoms with Crippen molar-refractivity contribution in [3.8, 4) is 39.5 Å². The SMILES string of the molecule is CC(C)c1c[c-]c(-c2cc(C(C)C)c([Si](C)(C)C)cn2)cc1.[Ir].[c-]1ccc2c(oc3ccccc32)c1-c1nc2ccccc2n1-c1ccc(-c2ccccc2)cc1. The van der Waals surface area contributed by atoms with Gasteiger partial charge in [-0.2, -0.15) is 0 Å². The summed E-state index contributed by atoms with van der Waals surface area (Å²) in [4.78, 5) is 9.77. The Labute approximate surface area is 351 Å². The molecular formula is C51H47IrN3OSi-2. The molecule has 0 unspecified atom stereocenters. The molecule has 9 aromatic rings. The number of rotatable bonds is 7. The van der Waals surface area contributed by atoms with E-state index >= 15 is 0 Å². The van der Waals surface area contributed by atoms with E-state index in [4.69, 9.17) is 14.4 Å². The first-order chi connectivity index (χ1) is 27.1. The van der Waals surface area contributed by atoms with Gasteiger partial charge < -0.3 is 14.0 Å². The van der Waals surface area contributed by atoms with Gasteiger partial charge in [-0.3, -0.25) is 4.98 Å².